The van der Waals surface area contributed by atoms with Gasteiger partial charge in [0.2, 0.25) is 5.89 Å². The second kappa shape index (κ2) is 5.64. The molecule has 0 fully saturated rings. The van der Waals surface area contributed by atoms with Gasteiger partial charge in [0, 0.05) is 5.56 Å². The number of hydrogen-bond acceptors (Lipinski definition) is 3. The van der Waals surface area contributed by atoms with E-state index in [0.29, 0.717) is 6.54 Å². The molecule has 17 heavy (non-hydrogen) atoms. The summed E-state index contributed by atoms with van der Waals surface area (Å²) in [6.07, 6.45) is 2.91. The second-order valence-corrected chi connectivity index (χ2v) is 4.16. The van der Waals surface area contributed by atoms with Gasteiger partial charge in [0.05, 0.1) is 12.7 Å². The number of nitrogens with zero attached hydrogens (tertiary/aromatic N) is 1. The highest BCUT2D eigenvalue weighted by atomic mass is 16.4. The van der Waals surface area contributed by atoms with Crippen molar-refractivity contribution in [3.63, 3.8) is 0 Å². The van der Waals surface area contributed by atoms with E-state index in [9.17, 15) is 0 Å². The Morgan fingerprint density at radius 3 is 3.00 bits per heavy atom. The average Bonchev–Trinajstić information content (AvgIpc) is 2.78. The molecule has 0 bridgehead atoms. The largest absolute Gasteiger partial charge is 0.439 e. The molecule has 2 aromatic rings. The van der Waals surface area contributed by atoms with Gasteiger partial charge in [0.1, 0.15) is 0 Å². The maximum Gasteiger partial charge on any atom is 0.208 e. The number of hydrogen-bond donors (Lipinski definition) is 1. The zero-order chi connectivity index (χ0) is 12.1. The molecule has 0 aliphatic rings. The van der Waals surface area contributed by atoms with Crippen LogP contribution in [0.4, 0.5) is 0 Å². The Labute approximate surface area is 102 Å². The summed E-state index contributed by atoms with van der Waals surface area (Å²) >= 11 is 0. The first-order chi connectivity index (χ1) is 8.29. The van der Waals surface area contributed by atoms with Crippen LogP contribution in [0.1, 0.15) is 24.8 Å². The molecular formula is C14H18N2O. The summed E-state index contributed by atoms with van der Waals surface area (Å²) in [5.74, 6) is 1.58. The Kier molecular flexibility index (Phi) is 3.94. The molecule has 1 heterocycles. The van der Waals surface area contributed by atoms with Gasteiger partial charge < -0.3 is 9.73 Å². The lowest BCUT2D eigenvalue weighted by atomic mass is 10.1. The van der Waals surface area contributed by atoms with Crippen molar-refractivity contribution < 1.29 is 4.42 Å². The number of aromatic nitrogens is 1. The van der Waals surface area contributed by atoms with Gasteiger partial charge in [-0.25, -0.2) is 4.98 Å². The van der Waals surface area contributed by atoms with Crippen LogP contribution in [-0.2, 0) is 6.54 Å². The molecule has 0 unspecified atom stereocenters. The molecule has 0 radical (unpaired) electrons. The molecule has 1 N–H and O–H groups in total. The van der Waals surface area contributed by atoms with Crippen LogP contribution in [0.25, 0.3) is 11.3 Å². The first-order valence-electron chi connectivity index (χ1n) is 6.02. The van der Waals surface area contributed by atoms with E-state index in [1.54, 1.807) is 6.20 Å². The van der Waals surface area contributed by atoms with Crippen LogP contribution < -0.4 is 5.32 Å². The zero-order valence-corrected chi connectivity index (χ0v) is 10.4. The van der Waals surface area contributed by atoms with Crippen molar-refractivity contribution >= 4 is 0 Å². The van der Waals surface area contributed by atoms with Gasteiger partial charge in [0.15, 0.2) is 5.76 Å². The molecule has 3 nitrogen and oxygen atoms in total. The van der Waals surface area contributed by atoms with E-state index < -0.39 is 0 Å². The molecule has 0 atom stereocenters. The molecular weight excluding hydrogens is 212 g/mol. The van der Waals surface area contributed by atoms with E-state index >= 15 is 0 Å². The number of aryl methyl sites for hydroxylation is 1. The van der Waals surface area contributed by atoms with Gasteiger partial charge >= 0.3 is 0 Å². The molecule has 0 saturated heterocycles. The fourth-order valence-electron chi connectivity index (χ4n) is 1.70. The molecule has 0 aliphatic heterocycles. The van der Waals surface area contributed by atoms with Crippen LogP contribution in [0.3, 0.4) is 0 Å². The van der Waals surface area contributed by atoms with Crippen LogP contribution in [0.15, 0.2) is 34.9 Å². The van der Waals surface area contributed by atoms with E-state index in [0.717, 1.165) is 30.2 Å². The van der Waals surface area contributed by atoms with Crippen molar-refractivity contribution in [1.82, 2.24) is 10.3 Å². The molecule has 0 aliphatic carbocycles. The highest BCUT2D eigenvalue weighted by Gasteiger charge is 2.05. The number of benzene rings is 1. The SMILES string of the molecule is CCCNCc1ncc(-c2cccc(C)c2)o1. The highest BCUT2D eigenvalue weighted by molar-refractivity contribution is 5.57. The van der Waals surface area contributed by atoms with Gasteiger partial charge in [-0.3, -0.25) is 0 Å². The molecule has 90 valence electrons. The lowest BCUT2D eigenvalue weighted by molar-refractivity contribution is 0.478. The van der Waals surface area contributed by atoms with Gasteiger partial charge in [-0.2, -0.15) is 0 Å². The third kappa shape index (κ3) is 3.17. The van der Waals surface area contributed by atoms with Crippen LogP contribution in [0.2, 0.25) is 0 Å². The van der Waals surface area contributed by atoms with Crippen molar-refractivity contribution in [3.05, 3.63) is 41.9 Å². The van der Waals surface area contributed by atoms with Crippen LogP contribution in [-0.4, -0.2) is 11.5 Å². The molecule has 1 aromatic carbocycles. The summed E-state index contributed by atoms with van der Waals surface area (Å²) in [4.78, 5) is 4.26. The lowest BCUT2D eigenvalue weighted by Crippen LogP contribution is -2.13. The van der Waals surface area contributed by atoms with Crippen molar-refractivity contribution in [2.45, 2.75) is 26.8 Å². The summed E-state index contributed by atoms with van der Waals surface area (Å²) in [7, 11) is 0. The molecule has 0 saturated carbocycles. The Balaban J connectivity index is 2.07. The first-order valence-corrected chi connectivity index (χ1v) is 6.02. The normalized spacial score (nSPS) is 10.7. The minimum atomic E-state index is 0.694. The monoisotopic (exact) mass is 230 g/mol. The van der Waals surface area contributed by atoms with Gasteiger partial charge in [-0.05, 0) is 26.0 Å². The van der Waals surface area contributed by atoms with E-state index in [-0.39, 0.29) is 0 Å². The summed E-state index contributed by atoms with van der Waals surface area (Å²) in [6, 6.07) is 8.24. The first kappa shape index (κ1) is 11.9. The quantitative estimate of drug-likeness (QED) is 0.802. The molecule has 2 rings (SSSR count). The average molecular weight is 230 g/mol. The van der Waals surface area contributed by atoms with Gasteiger partial charge in [-0.1, -0.05) is 30.7 Å². The van der Waals surface area contributed by atoms with E-state index in [4.69, 9.17) is 4.42 Å². The number of rotatable bonds is 5. The topological polar surface area (TPSA) is 38.1 Å². The number of nitrogens with one attached hydrogen (secondary N) is 1. The maximum absolute atomic E-state index is 5.70. The third-order valence-electron chi connectivity index (χ3n) is 2.56. The predicted molar refractivity (Wildman–Crippen MR) is 68.7 cm³/mol. The maximum atomic E-state index is 5.70. The smallest absolute Gasteiger partial charge is 0.208 e. The van der Waals surface area contributed by atoms with Crippen molar-refractivity contribution in [3.8, 4) is 11.3 Å². The fourth-order valence-corrected chi connectivity index (χ4v) is 1.70. The Hall–Kier alpha value is -1.61. The van der Waals surface area contributed by atoms with Gasteiger partial charge in [0.25, 0.3) is 0 Å². The van der Waals surface area contributed by atoms with E-state index in [1.807, 2.05) is 12.1 Å². The van der Waals surface area contributed by atoms with E-state index in [2.05, 4.69) is 36.3 Å². The summed E-state index contributed by atoms with van der Waals surface area (Å²) in [6.45, 7) is 5.89. The fraction of sp³-hybridized carbons (Fsp3) is 0.357. The summed E-state index contributed by atoms with van der Waals surface area (Å²) < 4.78 is 5.70. The van der Waals surface area contributed by atoms with Gasteiger partial charge in [-0.15, -0.1) is 0 Å². The van der Waals surface area contributed by atoms with Crippen LogP contribution >= 0.6 is 0 Å². The second-order valence-electron chi connectivity index (χ2n) is 4.16. The third-order valence-corrected chi connectivity index (χ3v) is 2.56. The molecule has 0 spiro atoms. The van der Waals surface area contributed by atoms with Crippen molar-refractivity contribution in [2.75, 3.05) is 6.54 Å². The molecule has 0 amide bonds. The zero-order valence-electron chi connectivity index (χ0n) is 10.4. The number of oxazole rings is 1. The van der Waals surface area contributed by atoms with E-state index in [1.165, 1.54) is 5.56 Å². The minimum absolute atomic E-state index is 0.694. The minimum Gasteiger partial charge on any atom is -0.439 e. The molecule has 3 heteroatoms. The lowest BCUT2D eigenvalue weighted by Gasteiger charge is -1.99. The van der Waals surface area contributed by atoms with Crippen LogP contribution in [0, 0.1) is 6.92 Å². The standard InChI is InChI=1S/C14H18N2O/c1-3-7-15-10-14-16-9-13(17-14)12-6-4-5-11(2)8-12/h4-6,8-9,15H,3,7,10H2,1-2H3. The Bertz CT molecular complexity index is 477. The molecule has 1 aromatic heterocycles. The van der Waals surface area contributed by atoms with Crippen LogP contribution in [0.5, 0.6) is 0 Å². The summed E-state index contributed by atoms with van der Waals surface area (Å²) in [5.41, 5.74) is 2.31. The Morgan fingerprint density at radius 1 is 1.35 bits per heavy atom. The summed E-state index contributed by atoms with van der Waals surface area (Å²) in [5, 5.41) is 3.27. The van der Waals surface area contributed by atoms with Crippen molar-refractivity contribution in [1.29, 1.82) is 0 Å². The predicted octanol–water partition coefficient (Wildman–Crippen LogP) is 3.15. The van der Waals surface area contributed by atoms with Crippen molar-refractivity contribution in [2.24, 2.45) is 0 Å². The highest BCUT2D eigenvalue weighted by Crippen LogP contribution is 2.21. The Morgan fingerprint density at radius 2 is 2.24 bits per heavy atom.